The van der Waals surface area contributed by atoms with E-state index >= 15 is 0 Å². The number of hydrogen-bond acceptors (Lipinski definition) is 3. The molecule has 0 radical (unpaired) electrons. The Morgan fingerprint density at radius 1 is 1.41 bits per heavy atom. The molecule has 1 saturated heterocycles. The van der Waals surface area contributed by atoms with Crippen LogP contribution in [0.2, 0.25) is 0 Å². The van der Waals surface area contributed by atoms with E-state index in [1.54, 1.807) is 18.2 Å². The molecule has 0 bridgehead atoms. The molecule has 17 heavy (non-hydrogen) atoms. The minimum Gasteiger partial charge on any atom is -0.459 e. The van der Waals surface area contributed by atoms with Gasteiger partial charge in [-0.2, -0.15) is 0 Å². The van der Waals surface area contributed by atoms with Crippen molar-refractivity contribution >= 4 is 23.6 Å². The van der Waals surface area contributed by atoms with Gasteiger partial charge in [0.15, 0.2) is 0 Å². The van der Waals surface area contributed by atoms with Gasteiger partial charge in [-0.15, -0.1) is 11.6 Å². The fourth-order valence-corrected chi connectivity index (χ4v) is 1.73. The van der Waals surface area contributed by atoms with Gasteiger partial charge in [0, 0.05) is 0 Å². The number of ether oxygens (including phenoxy) is 2. The third-order valence-electron chi connectivity index (χ3n) is 2.60. The third-order valence-corrected chi connectivity index (χ3v) is 2.90. The zero-order valence-corrected chi connectivity index (χ0v) is 10.0. The summed E-state index contributed by atoms with van der Waals surface area (Å²) in [4.78, 5) is 11.6. The second kappa shape index (κ2) is 5.34. The zero-order chi connectivity index (χ0) is 12.3. The highest BCUT2D eigenvalue weighted by atomic mass is 35.5. The number of alkyl halides is 1. The predicted molar refractivity (Wildman–Crippen MR) is 66.2 cm³/mol. The lowest BCUT2D eigenvalue weighted by molar-refractivity contribution is 0.0476. The summed E-state index contributed by atoms with van der Waals surface area (Å²) in [6.45, 7) is 3.91. The van der Waals surface area contributed by atoms with Crippen LogP contribution in [0.3, 0.4) is 0 Å². The topological polar surface area (TPSA) is 38.8 Å². The maximum atomic E-state index is 11.6. The van der Waals surface area contributed by atoms with Gasteiger partial charge in [0.2, 0.25) is 0 Å². The first-order valence-electron chi connectivity index (χ1n) is 5.35. The van der Waals surface area contributed by atoms with Crippen LogP contribution in [-0.4, -0.2) is 30.7 Å². The van der Waals surface area contributed by atoms with Crippen LogP contribution in [0.5, 0.6) is 0 Å². The SMILES string of the molecule is C=Cc1ccc(C(=O)OCC2OC2CCl)cc1. The van der Waals surface area contributed by atoms with Gasteiger partial charge >= 0.3 is 5.97 Å². The second-order valence-electron chi connectivity index (χ2n) is 3.79. The largest absolute Gasteiger partial charge is 0.459 e. The Morgan fingerprint density at radius 3 is 2.65 bits per heavy atom. The quantitative estimate of drug-likeness (QED) is 0.459. The summed E-state index contributed by atoms with van der Waals surface area (Å²) in [6.07, 6.45) is 1.72. The Labute approximate surface area is 105 Å². The lowest BCUT2D eigenvalue weighted by Gasteiger charge is -2.03. The first-order chi connectivity index (χ1) is 8.24. The molecule has 1 aliphatic rings. The zero-order valence-electron chi connectivity index (χ0n) is 9.27. The number of esters is 1. The molecule has 0 spiro atoms. The molecule has 2 unspecified atom stereocenters. The monoisotopic (exact) mass is 252 g/mol. The maximum absolute atomic E-state index is 11.6. The van der Waals surface area contributed by atoms with Crippen molar-refractivity contribution in [1.82, 2.24) is 0 Å². The summed E-state index contributed by atoms with van der Waals surface area (Å²) < 4.78 is 10.3. The summed E-state index contributed by atoms with van der Waals surface area (Å²) in [5, 5.41) is 0. The fourth-order valence-electron chi connectivity index (χ4n) is 1.46. The van der Waals surface area contributed by atoms with Crippen molar-refractivity contribution in [2.24, 2.45) is 0 Å². The molecule has 0 aromatic heterocycles. The van der Waals surface area contributed by atoms with E-state index in [2.05, 4.69) is 6.58 Å². The van der Waals surface area contributed by atoms with Crippen molar-refractivity contribution in [2.75, 3.05) is 12.5 Å². The highest BCUT2D eigenvalue weighted by Crippen LogP contribution is 2.23. The Balaban J connectivity index is 1.84. The molecule has 4 heteroatoms. The van der Waals surface area contributed by atoms with Crippen LogP contribution >= 0.6 is 11.6 Å². The van der Waals surface area contributed by atoms with Gasteiger partial charge < -0.3 is 9.47 Å². The third kappa shape index (κ3) is 3.08. The predicted octanol–water partition coefficient (Wildman–Crippen LogP) is 2.49. The highest BCUT2D eigenvalue weighted by molar-refractivity contribution is 6.18. The van der Waals surface area contributed by atoms with E-state index in [-0.39, 0.29) is 24.8 Å². The van der Waals surface area contributed by atoms with Crippen molar-refractivity contribution in [3.63, 3.8) is 0 Å². The molecular formula is C13H13ClO3. The first kappa shape index (κ1) is 12.1. The minimum atomic E-state index is -0.343. The van der Waals surface area contributed by atoms with Crippen LogP contribution in [0, 0.1) is 0 Å². The molecule has 1 aromatic rings. The van der Waals surface area contributed by atoms with Gasteiger partial charge in [-0.1, -0.05) is 24.8 Å². The summed E-state index contributed by atoms with van der Waals surface area (Å²) in [6, 6.07) is 7.07. The van der Waals surface area contributed by atoms with E-state index in [1.807, 2.05) is 12.1 Å². The summed E-state index contributed by atoms with van der Waals surface area (Å²) in [7, 11) is 0. The Morgan fingerprint density at radius 2 is 2.12 bits per heavy atom. The number of carbonyl (C=O) groups excluding carboxylic acids is 1. The number of benzene rings is 1. The van der Waals surface area contributed by atoms with E-state index in [0.29, 0.717) is 11.4 Å². The molecule has 90 valence electrons. The molecule has 1 fully saturated rings. The molecule has 1 aromatic carbocycles. The van der Waals surface area contributed by atoms with Crippen molar-refractivity contribution in [2.45, 2.75) is 12.2 Å². The van der Waals surface area contributed by atoms with Crippen LogP contribution < -0.4 is 0 Å². The Hall–Kier alpha value is -1.32. The Bertz CT molecular complexity index is 413. The fraction of sp³-hybridized carbons (Fsp3) is 0.308. The highest BCUT2D eigenvalue weighted by Gasteiger charge is 2.38. The average Bonchev–Trinajstić information content (AvgIpc) is 3.14. The van der Waals surface area contributed by atoms with Crippen LogP contribution in [0.25, 0.3) is 6.08 Å². The van der Waals surface area contributed by atoms with Gasteiger partial charge in [-0.3, -0.25) is 0 Å². The summed E-state index contributed by atoms with van der Waals surface area (Å²) in [5.41, 5.74) is 1.49. The molecule has 3 nitrogen and oxygen atoms in total. The molecule has 1 aliphatic heterocycles. The van der Waals surface area contributed by atoms with Crippen LogP contribution in [0.1, 0.15) is 15.9 Å². The Kier molecular flexibility index (Phi) is 3.82. The van der Waals surface area contributed by atoms with E-state index in [1.165, 1.54) is 0 Å². The lowest BCUT2D eigenvalue weighted by Crippen LogP contribution is -2.12. The normalized spacial score (nSPS) is 21.9. The number of epoxide rings is 1. The van der Waals surface area contributed by atoms with Gasteiger partial charge in [0.05, 0.1) is 11.4 Å². The van der Waals surface area contributed by atoms with E-state index in [0.717, 1.165) is 5.56 Å². The second-order valence-corrected chi connectivity index (χ2v) is 4.10. The van der Waals surface area contributed by atoms with Crippen LogP contribution in [-0.2, 0) is 9.47 Å². The number of hydrogen-bond donors (Lipinski definition) is 0. The van der Waals surface area contributed by atoms with Gasteiger partial charge in [0.25, 0.3) is 0 Å². The standard InChI is InChI=1S/C13H13ClO3/c1-2-9-3-5-10(6-4-9)13(15)16-8-12-11(7-14)17-12/h2-6,11-12H,1,7-8H2. The molecular weight excluding hydrogens is 240 g/mol. The average molecular weight is 253 g/mol. The minimum absolute atomic E-state index is 0.0348. The van der Waals surface area contributed by atoms with Gasteiger partial charge in [0.1, 0.15) is 18.8 Å². The molecule has 2 rings (SSSR count). The van der Waals surface area contributed by atoms with E-state index < -0.39 is 0 Å². The maximum Gasteiger partial charge on any atom is 0.338 e. The van der Waals surface area contributed by atoms with Crippen LogP contribution in [0.15, 0.2) is 30.8 Å². The molecule has 0 aliphatic carbocycles. The van der Waals surface area contributed by atoms with Crippen LogP contribution in [0.4, 0.5) is 0 Å². The smallest absolute Gasteiger partial charge is 0.338 e. The molecule has 1 heterocycles. The number of carbonyl (C=O) groups is 1. The van der Waals surface area contributed by atoms with Crippen molar-refractivity contribution in [1.29, 1.82) is 0 Å². The van der Waals surface area contributed by atoms with Crippen molar-refractivity contribution in [3.05, 3.63) is 42.0 Å². The van der Waals surface area contributed by atoms with Gasteiger partial charge in [-0.05, 0) is 17.7 Å². The molecule has 2 atom stereocenters. The first-order valence-corrected chi connectivity index (χ1v) is 5.89. The number of rotatable bonds is 5. The molecule has 0 amide bonds. The summed E-state index contributed by atoms with van der Waals surface area (Å²) in [5.74, 6) is 0.0976. The lowest BCUT2D eigenvalue weighted by atomic mass is 10.1. The van der Waals surface area contributed by atoms with Crippen molar-refractivity contribution in [3.8, 4) is 0 Å². The van der Waals surface area contributed by atoms with Crippen molar-refractivity contribution < 1.29 is 14.3 Å². The van der Waals surface area contributed by atoms with Gasteiger partial charge in [-0.25, -0.2) is 4.79 Å². The van der Waals surface area contributed by atoms with E-state index in [4.69, 9.17) is 21.1 Å². The van der Waals surface area contributed by atoms with E-state index in [9.17, 15) is 4.79 Å². The summed E-state index contributed by atoms with van der Waals surface area (Å²) >= 11 is 5.58. The molecule has 0 saturated carbocycles. The molecule has 0 N–H and O–H groups in total. The number of halogens is 1.